The summed E-state index contributed by atoms with van der Waals surface area (Å²) < 4.78 is 40.0. The van der Waals surface area contributed by atoms with Crippen LogP contribution in [0.5, 0.6) is 11.5 Å². The number of methoxy groups -OCH3 is 2. The molecule has 0 unspecified atom stereocenters. The van der Waals surface area contributed by atoms with E-state index in [1.54, 1.807) is 43.3 Å². The molecule has 41 heavy (non-hydrogen) atoms. The van der Waals surface area contributed by atoms with Gasteiger partial charge in [-0.2, -0.15) is 0 Å². The van der Waals surface area contributed by atoms with Gasteiger partial charge >= 0.3 is 0 Å². The smallest absolute Gasteiger partial charge is 0.264 e. The molecule has 3 aromatic rings. The number of carbonyl (C=O) groups excluding carboxylic acids is 2. The molecule has 0 aliphatic rings. The van der Waals surface area contributed by atoms with E-state index in [0.29, 0.717) is 21.4 Å². The first-order valence-electron chi connectivity index (χ1n) is 12.7. The van der Waals surface area contributed by atoms with Crippen LogP contribution in [0.1, 0.15) is 24.5 Å². The number of amides is 2. The number of hydrogen-bond acceptors (Lipinski definition) is 6. The Bertz CT molecular complexity index is 1500. The molecule has 0 bridgehead atoms. The maximum atomic E-state index is 14.1. The molecule has 220 valence electrons. The molecule has 0 aromatic heterocycles. The van der Waals surface area contributed by atoms with Crippen LogP contribution in [0, 0.1) is 6.92 Å². The molecule has 0 aliphatic carbocycles. The number of anilines is 1. The Kier molecular flexibility index (Phi) is 10.9. The molecule has 0 fully saturated rings. The summed E-state index contributed by atoms with van der Waals surface area (Å²) in [5, 5.41) is 3.30. The predicted molar refractivity (Wildman–Crippen MR) is 160 cm³/mol. The van der Waals surface area contributed by atoms with Crippen LogP contribution >= 0.6 is 23.2 Å². The zero-order valence-corrected chi connectivity index (χ0v) is 25.8. The van der Waals surface area contributed by atoms with Crippen LogP contribution < -0.4 is 19.1 Å². The Balaban J connectivity index is 2.17. The van der Waals surface area contributed by atoms with Crippen LogP contribution in [0.2, 0.25) is 10.0 Å². The second-order valence-corrected chi connectivity index (χ2v) is 11.9. The maximum absolute atomic E-state index is 14.1. The van der Waals surface area contributed by atoms with E-state index in [-0.39, 0.29) is 29.3 Å². The van der Waals surface area contributed by atoms with Crippen molar-refractivity contribution in [1.82, 2.24) is 10.2 Å². The topological polar surface area (TPSA) is 105 Å². The molecule has 2 amide bonds. The molecule has 0 heterocycles. The molecule has 0 aliphatic heterocycles. The van der Waals surface area contributed by atoms with E-state index in [1.165, 1.54) is 50.4 Å². The lowest BCUT2D eigenvalue weighted by molar-refractivity contribution is -0.140. The van der Waals surface area contributed by atoms with Gasteiger partial charge in [0.15, 0.2) is 0 Å². The van der Waals surface area contributed by atoms with Gasteiger partial charge in [0.05, 0.1) is 24.8 Å². The van der Waals surface area contributed by atoms with Crippen molar-refractivity contribution in [2.45, 2.75) is 37.8 Å². The van der Waals surface area contributed by atoms with Crippen molar-refractivity contribution < 1.29 is 27.5 Å². The van der Waals surface area contributed by atoms with Crippen molar-refractivity contribution in [3.05, 3.63) is 81.8 Å². The summed E-state index contributed by atoms with van der Waals surface area (Å²) in [6.07, 6.45) is 0.268. The second-order valence-electron chi connectivity index (χ2n) is 9.16. The number of aryl methyl sites for hydroxylation is 1. The summed E-state index contributed by atoms with van der Waals surface area (Å²) in [6.45, 7) is 2.90. The molecule has 3 rings (SSSR count). The van der Waals surface area contributed by atoms with E-state index in [4.69, 9.17) is 32.7 Å². The van der Waals surface area contributed by atoms with E-state index in [9.17, 15) is 18.0 Å². The molecular weight excluding hydrogens is 589 g/mol. The van der Waals surface area contributed by atoms with Gasteiger partial charge in [0.25, 0.3) is 10.0 Å². The lowest BCUT2D eigenvalue weighted by atomic mass is 10.1. The molecule has 0 saturated carbocycles. The Morgan fingerprint density at radius 3 is 2.22 bits per heavy atom. The van der Waals surface area contributed by atoms with Crippen molar-refractivity contribution in [1.29, 1.82) is 0 Å². The van der Waals surface area contributed by atoms with Crippen LogP contribution in [0.25, 0.3) is 0 Å². The van der Waals surface area contributed by atoms with E-state index in [1.807, 2.05) is 6.92 Å². The highest BCUT2D eigenvalue weighted by Crippen LogP contribution is 2.36. The first-order chi connectivity index (χ1) is 19.5. The molecule has 0 saturated heterocycles. The summed E-state index contributed by atoms with van der Waals surface area (Å²) in [4.78, 5) is 28.3. The minimum absolute atomic E-state index is 0.0218. The number of sulfonamides is 1. The summed E-state index contributed by atoms with van der Waals surface area (Å²) in [7, 11) is 0.0216. The van der Waals surface area contributed by atoms with E-state index in [0.717, 1.165) is 9.87 Å². The average Bonchev–Trinajstić information content (AvgIpc) is 2.96. The third-order valence-corrected chi connectivity index (χ3v) is 8.89. The van der Waals surface area contributed by atoms with Crippen molar-refractivity contribution in [2.24, 2.45) is 0 Å². The van der Waals surface area contributed by atoms with Crippen LogP contribution in [0.3, 0.4) is 0 Å². The van der Waals surface area contributed by atoms with Gasteiger partial charge in [-0.05, 0) is 55.3 Å². The van der Waals surface area contributed by atoms with E-state index in [2.05, 4.69) is 5.32 Å². The third kappa shape index (κ3) is 7.44. The lowest BCUT2D eigenvalue weighted by Gasteiger charge is -2.33. The van der Waals surface area contributed by atoms with Gasteiger partial charge in [-0.1, -0.05) is 53.9 Å². The summed E-state index contributed by atoms with van der Waals surface area (Å²) in [5.74, 6) is -0.469. The minimum Gasteiger partial charge on any atom is -0.497 e. The zero-order chi connectivity index (χ0) is 30.3. The standard InChI is InChI=1S/C29H33Cl2N3O6S/c1-6-25(29(36)32-3)33(17-20-9-10-21(30)15-24(20)31)28(35)18-34(26-16-22(39-4)11-14-27(26)40-5)41(37,38)23-12-7-19(2)8-13-23/h7-16,25H,6,17-18H2,1-5H3,(H,32,36)/t25-/m0/s1. The number of carbonyl (C=O) groups is 2. The highest BCUT2D eigenvalue weighted by molar-refractivity contribution is 7.92. The van der Waals surface area contributed by atoms with Crippen molar-refractivity contribution >= 4 is 50.7 Å². The fraction of sp³-hybridized carbons (Fsp3) is 0.310. The predicted octanol–water partition coefficient (Wildman–Crippen LogP) is 5.07. The average molecular weight is 623 g/mol. The highest BCUT2D eigenvalue weighted by atomic mass is 35.5. The molecule has 1 atom stereocenters. The minimum atomic E-state index is -4.30. The summed E-state index contributed by atoms with van der Waals surface area (Å²) >= 11 is 12.5. The largest absolute Gasteiger partial charge is 0.497 e. The number of ether oxygens (including phenoxy) is 2. The normalized spacial score (nSPS) is 11.9. The van der Waals surface area contributed by atoms with Gasteiger partial charge in [-0.25, -0.2) is 8.42 Å². The van der Waals surface area contributed by atoms with E-state index < -0.39 is 34.4 Å². The zero-order valence-electron chi connectivity index (χ0n) is 23.5. The fourth-order valence-corrected chi connectivity index (χ4v) is 6.15. The lowest BCUT2D eigenvalue weighted by Crippen LogP contribution is -2.51. The molecule has 0 radical (unpaired) electrons. The van der Waals surface area contributed by atoms with Gasteiger partial charge in [0.1, 0.15) is 24.1 Å². The first-order valence-corrected chi connectivity index (χ1v) is 14.9. The fourth-order valence-electron chi connectivity index (χ4n) is 4.26. The van der Waals surface area contributed by atoms with Gasteiger partial charge in [0, 0.05) is 29.7 Å². The number of halogens is 2. The molecular formula is C29H33Cl2N3O6S. The first kappa shape index (κ1) is 32.0. The molecule has 12 heteroatoms. The third-order valence-electron chi connectivity index (χ3n) is 6.53. The Hall–Kier alpha value is -3.47. The van der Waals surface area contributed by atoms with Gasteiger partial charge < -0.3 is 19.7 Å². The highest BCUT2D eigenvalue weighted by Gasteiger charge is 2.35. The van der Waals surface area contributed by atoms with Gasteiger partial charge in [-0.3, -0.25) is 13.9 Å². The second kappa shape index (κ2) is 13.9. The van der Waals surface area contributed by atoms with Crippen LogP contribution in [0.15, 0.2) is 65.6 Å². The number of likely N-dealkylation sites (N-methyl/N-ethyl adjacent to an activating group) is 1. The summed E-state index contributed by atoms with van der Waals surface area (Å²) in [6, 6.07) is 14.9. The van der Waals surface area contributed by atoms with Crippen molar-refractivity contribution in [3.63, 3.8) is 0 Å². The Morgan fingerprint density at radius 2 is 1.66 bits per heavy atom. The monoisotopic (exact) mass is 621 g/mol. The van der Waals surface area contributed by atoms with Crippen LogP contribution in [0.4, 0.5) is 5.69 Å². The number of nitrogens with zero attached hydrogens (tertiary/aromatic N) is 2. The van der Waals surface area contributed by atoms with E-state index >= 15 is 0 Å². The Labute approximate surface area is 251 Å². The maximum Gasteiger partial charge on any atom is 0.264 e. The molecule has 1 N–H and O–H groups in total. The number of rotatable bonds is 12. The number of benzene rings is 3. The summed E-state index contributed by atoms with van der Waals surface area (Å²) in [5.41, 5.74) is 1.50. The van der Waals surface area contributed by atoms with Gasteiger partial charge in [0.2, 0.25) is 11.8 Å². The van der Waals surface area contributed by atoms with Gasteiger partial charge in [-0.15, -0.1) is 0 Å². The van der Waals surface area contributed by atoms with Crippen LogP contribution in [-0.2, 0) is 26.2 Å². The molecule has 0 spiro atoms. The van der Waals surface area contributed by atoms with Crippen molar-refractivity contribution in [3.8, 4) is 11.5 Å². The molecule has 9 nitrogen and oxygen atoms in total. The SMILES string of the molecule is CC[C@@H](C(=O)NC)N(Cc1ccc(Cl)cc1Cl)C(=O)CN(c1cc(OC)ccc1OC)S(=O)(=O)c1ccc(C)cc1. The van der Waals surface area contributed by atoms with Crippen molar-refractivity contribution in [2.75, 3.05) is 32.1 Å². The quantitative estimate of drug-likeness (QED) is 0.303. The molecule has 3 aromatic carbocycles. The van der Waals surface area contributed by atoms with Crippen LogP contribution in [-0.4, -0.2) is 59.0 Å². The number of nitrogens with one attached hydrogen (secondary N) is 1. The Morgan fingerprint density at radius 1 is 0.976 bits per heavy atom. The number of hydrogen-bond donors (Lipinski definition) is 1.